The van der Waals surface area contributed by atoms with Crippen LogP contribution in [0.5, 0.6) is 0 Å². The third kappa shape index (κ3) is 38.1. The number of thioether (sulfide) groups is 1. The normalized spacial score (nSPS) is 12.5. The zero-order chi connectivity index (χ0) is 51.9. The van der Waals surface area contributed by atoms with Gasteiger partial charge in [-0.05, 0) is 78.6 Å². The summed E-state index contributed by atoms with van der Waals surface area (Å²) in [6, 6.07) is 4.91. The fraction of sp³-hybridized carbons (Fsp3) is 0.789. The molecule has 0 radical (unpaired) electrons. The lowest BCUT2D eigenvalue weighted by Gasteiger charge is -2.25. The van der Waals surface area contributed by atoms with Crippen molar-refractivity contribution in [3.63, 3.8) is 0 Å². The summed E-state index contributed by atoms with van der Waals surface area (Å²) in [4.78, 5) is 77.3. The van der Waals surface area contributed by atoms with Gasteiger partial charge in [-0.25, -0.2) is 4.79 Å². The summed E-state index contributed by atoms with van der Waals surface area (Å²) in [6.07, 6.45) is 31.7. The predicted molar refractivity (Wildman–Crippen MR) is 286 cm³/mol. The van der Waals surface area contributed by atoms with Gasteiger partial charge in [-0.3, -0.25) is 24.0 Å². The molecule has 2 unspecified atom stereocenters. The molecule has 70 heavy (non-hydrogen) atoms. The Kier molecular flexibility index (Phi) is 36.7. The van der Waals surface area contributed by atoms with Crippen LogP contribution in [0.2, 0.25) is 0 Å². The van der Waals surface area contributed by atoms with Crippen LogP contribution in [0.3, 0.4) is 0 Å². The van der Waals surface area contributed by atoms with E-state index >= 15 is 0 Å². The number of amides is 2. The van der Waals surface area contributed by atoms with Gasteiger partial charge in [0, 0.05) is 42.0 Å². The minimum atomic E-state index is -1.27. The molecule has 0 bridgehead atoms. The van der Waals surface area contributed by atoms with E-state index in [4.69, 9.17) is 18.9 Å². The van der Waals surface area contributed by atoms with E-state index in [2.05, 4.69) is 24.5 Å². The predicted octanol–water partition coefficient (Wildman–Crippen LogP) is 14.3. The van der Waals surface area contributed by atoms with E-state index in [1.807, 2.05) is 0 Å². The van der Waals surface area contributed by atoms with E-state index in [1.54, 1.807) is 53.7 Å². The van der Waals surface area contributed by atoms with Crippen LogP contribution in [0.1, 0.15) is 258 Å². The van der Waals surface area contributed by atoms with Crippen LogP contribution in [0, 0.1) is 0 Å². The Morgan fingerprint density at radius 1 is 0.529 bits per heavy atom. The van der Waals surface area contributed by atoms with Crippen molar-refractivity contribution in [2.75, 3.05) is 23.4 Å². The van der Waals surface area contributed by atoms with Crippen LogP contribution in [-0.2, 0) is 42.9 Å². The van der Waals surface area contributed by atoms with Crippen molar-refractivity contribution >= 4 is 53.1 Å². The number of unbranched alkanes of at least 4 members (excludes halogenated alkanes) is 24. The first kappa shape index (κ1) is 64.4. The molecule has 1 aromatic carbocycles. The SMILES string of the molecule is CCCCCCCCCCCCCCCC(=O)OCC(CSCCC(=O)Nc1ccc(C(=O)NC(CC(=O)OC(C)(C)C)C(=O)OC(C)(C)C)cc1)OC(=O)CCCCCCCCCCCCCCC. The summed E-state index contributed by atoms with van der Waals surface area (Å²) in [5, 5.41) is 5.43. The summed E-state index contributed by atoms with van der Waals surface area (Å²) in [6.45, 7) is 14.7. The summed E-state index contributed by atoms with van der Waals surface area (Å²) in [5.74, 6) is -2.01. The van der Waals surface area contributed by atoms with Gasteiger partial charge in [0.15, 0.2) is 0 Å². The first-order chi connectivity index (χ1) is 33.4. The molecule has 0 aliphatic heterocycles. The number of esters is 4. The van der Waals surface area contributed by atoms with Gasteiger partial charge in [0.1, 0.15) is 30.0 Å². The number of hydrogen-bond acceptors (Lipinski definition) is 11. The fourth-order valence-corrected chi connectivity index (χ4v) is 8.78. The summed E-state index contributed by atoms with van der Waals surface area (Å²) >= 11 is 1.45. The van der Waals surface area contributed by atoms with Gasteiger partial charge in [-0.15, -0.1) is 0 Å². The first-order valence-electron chi connectivity index (χ1n) is 27.5. The van der Waals surface area contributed by atoms with Crippen LogP contribution in [0.25, 0.3) is 0 Å². The fourth-order valence-electron chi connectivity index (χ4n) is 7.86. The number of rotatable bonds is 42. The molecular weight excluding hydrogens is 905 g/mol. The number of carbonyl (C=O) groups excluding carboxylic acids is 6. The molecule has 2 amide bonds. The topological polar surface area (TPSA) is 163 Å². The highest BCUT2D eigenvalue weighted by Gasteiger charge is 2.31. The second-order valence-electron chi connectivity index (χ2n) is 21.1. The van der Waals surface area contributed by atoms with Gasteiger partial charge in [-0.1, -0.05) is 168 Å². The highest BCUT2D eigenvalue weighted by atomic mass is 32.2. The number of anilines is 1. The minimum Gasteiger partial charge on any atom is -0.462 e. The molecule has 0 aromatic heterocycles. The molecule has 0 fully saturated rings. The maximum atomic E-state index is 13.2. The third-order valence-electron chi connectivity index (χ3n) is 11.7. The Morgan fingerprint density at radius 2 is 0.957 bits per heavy atom. The van der Waals surface area contributed by atoms with Gasteiger partial charge < -0.3 is 29.6 Å². The van der Waals surface area contributed by atoms with Crippen LogP contribution >= 0.6 is 11.8 Å². The van der Waals surface area contributed by atoms with Gasteiger partial charge in [0.2, 0.25) is 5.91 Å². The molecule has 0 heterocycles. The zero-order valence-electron chi connectivity index (χ0n) is 45.3. The second-order valence-corrected chi connectivity index (χ2v) is 22.2. The smallest absolute Gasteiger partial charge is 0.329 e. The molecule has 12 nitrogen and oxygen atoms in total. The molecule has 13 heteroatoms. The first-order valence-corrected chi connectivity index (χ1v) is 28.7. The van der Waals surface area contributed by atoms with E-state index < -0.39 is 47.6 Å². The van der Waals surface area contributed by atoms with Crippen molar-refractivity contribution < 1.29 is 47.7 Å². The van der Waals surface area contributed by atoms with Crippen molar-refractivity contribution in [2.45, 2.75) is 271 Å². The summed E-state index contributed by atoms with van der Waals surface area (Å²) in [5.41, 5.74) is -0.931. The Hall–Kier alpha value is -3.61. The second kappa shape index (κ2) is 39.9. The maximum Gasteiger partial charge on any atom is 0.329 e. The molecule has 1 aromatic rings. The number of benzene rings is 1. The largest absolute Gasteiger partial charge is 0.462 e. The molecule has 2 N–H and O–H groups in total. The third-order valence-corrected chi connectivity index (χ3v) is 12.8. The number of hydrogen-bond donors (Lipinski definition) is 2. The van der Waals surface area contributed by atoms with E-state index in [0.717, 1.165) is 38.5 Å². The van der Waals surface area contributed by atoms with Crippen LogP contribution in [0.4, 0.5) is 5.69 Å². The summed E-state index contributed by atoms with van der Waals surface area (Å²) in [7, 11) is 0. The van der Waals surface area contributed by atoms with Crippen LogP contribution < -0.4 is 10.6 Å². The maximum absolute atomic E-state index is 13.2. The molecule has 0 saturated heterocycles. The Morgan fingerprint density at radius 3 is 1.40 bits per heavy atom. The molecule has 0 aliphatic carbocycles. The molecule has 0 spiro atoms. The van der Waals surface area contributed by atoms with E-state index in [-0.39, 0.29) is 36.4 Å². The molecule has 2 atom stereocenters. The average Bonchev–Trinajstić information content (AvgIpc) is 3.28. The average molecular weight is 1000 g/mol. The molecule has 402 valence electrons. The lowest BCUT2D eigenvalue weighted by Crippen LogP contribution is -2.46. The van der Waals surface area contributed by atoms with Crippen molar-refractivity contribution in [2.24, 2.45) is 0 Å². The Labute approximate surface area is 429 Å². The lowest BCUT2D eigenvalue weighted by atomic mass is 10.0. The number of carbonyl (C=O) groups is 6. The van der Waals surface area contributed by atoms with Gasteiger partial charge in [0.05, 0.1) is 6.42 Å². The van der Waals surface area contributed by atoms with Crippen LogP contribution in [-0.4, -0.2) is 77.2 Å². The van der Waals surface area contributed by atoms with E-state index in [9.17, 15) is 28.8 Å². The molecule has 0 saturated carbocycles. The van der Waals surface area contributed by atoms with E-state index in [0.29, 0.717) is 30.0 Å². The zero-order valence-corrected chi connectivity index (χ0v) is 46.1. The monoisotopic (exact) mass is 1000 g/mol. The molecular formula is C57H98N2O10S. The van der Waals surface area contributed by atoms with Crippen molar-refractivity contribution in [1.82, 2.24) is 5.32 Å². The lowest BCUT2D eigenvalue weighted by molar-refractivity contribution is -0.164. The standard InChI is InChI=1S/C57H98N2O10S/c1-9-11-13-15-17-19-21-23-25-27-29-31-33-35-51(61)66-44-48(67-52(62)36-34-32-30-28-26-24-22-20-18-16-14-12-10-2)45-70-42-41-50(60)58-47-39-37-46(38-40-47)54(64)59-49(55(65)69-57(6,7)8)43-53(63)68-56(3,4)5/h37-40,48-49H,9-36,41-45H2,1-8H3,(H,58,60)(H,59,64). The summed E-state index contributed by atoms with van der Waals surface area (Å²) < 4.78 is 22.3. The van der Waals surface area contributed by atoms with Crippen molar-refractivity contribution in [3.05, 3.63) is 29.8 Å². The number of ether oxygens (including phenoxy) is 4. The van der Waals surface area contributed by atoms with Crippen molar-refractivity contribution in [3.8, 4) is 0 Å². The van der Waals surface area contributed by atoms with Gasteiger partial charge in [0.25, 0.3) is 5.91 Å². The van der Waals surface area contributed by atoms with Crippen molar-refractivity contribution in [1.29, 1.82) is 0 Å². The Balaban J connectivity index is 2.62. The number of nitrogens with one attached hydrogen (secondary N) is 2. The highest BCUT2D eigenvalue weighted by Crippen LogP contribution is 2.19. The molecule has 1 rings (SSSR count). The van der Waals surface area contributed by atoms with E-state index in [1.165, 1.54) is 152 Å². The van der Waals surface area contributed by atoms with Gasteiger partial charge >= 0.3 is 23.9 Å². The van der Waals surface area contributed by atoms with Gasteiger partial charge in [-0.2, -0.15) is 11.8 Å². The molecule has 0 aliphatic rings. The highest BCUT2D eigenvalue weighted by molar-refractivity contribution is 7.99. The quantitative estimate of drug-likeness (QED) is 0.0364. The van der Waals surface area contributed by atoms with Crippen LogP contribution in [0.15, 0.2) is 24.3 Å². The minimum absolute atomic E-state index is 0.0136. The Bertz CT molecular complexity index is 1570.